The Morgan fingerprint density at radius 2 is 1.08 bits per heavy atom. The molecule has 0 bridgehead atoms. The molecule has 0 nitrogen and oxygen atoms in total. The van der Waals surface area contributed by atoms with E-state index < -0.39 is 0 Å². The molecular formula is C8H2I4S. The average molecular weight is 638 g/mol. The molecule has 0 fully saturated rings. The van der Waals surface area contributed by atoms with Crippen molar-refractivity contribution in [1.29, 1.82) is 0 Å². The molecule has 0 aliphatic rings. The summed E-state index contributed by atoms with van der Waals surface area (Å²) in [6.07, 6.45) is 0. The molecule has 0 radical (unpaired) electrons. The SMILES string of the molecule is Ic1c(I)c(I)c2cscc2c1I. The highest BCUT2D eigenvalue weighted by Crippen LogP contribution is 2.36. The Kier molecular flexibility index (Phi) is 4.04. The van der Waals surface area contributed by atoms with Crippen LogP contribution < -0.4 is 0 Å². The van der Waals surface area contributed by atoms with Gasteiger partial charge >= 0.3 is 0 Å². The molecule has 0 N–H and O–H groups in total. The minimum absolute atomic E-state index is 1.38. The van der Waals surface area contributed by atoms with E-state index in [0.717, 1.165) is 0 Å². The summed E-state index contributed by atoms with van der Waals surface area (Å²) in [5.41, 5.74) is 0. The Morgan fingerprint density at radius 3 is 1.46 bits per heavy atom. The summed E-state index contributed by atoms with van der Waals surface area (Å²) in [6.45, 7) is 0. The molecule has 0 aliphatic heterocycles. The van der Waals surface area contributed by atoms with Crippen LogP contribution in [0.1, 0.15) is 0 Å². The summed E-state index contributed by atoms with van der Waals surface area (Å²) in [5.74, 6) is 0. The smallest absolute Gasteiger partial charge is 0.0414 e. The van der Waals surface area contributed by atoms with Crippen LogP contribution >= 0.6 is 102 Å². The molecule has 0 amide bonds. The van der Waals surface area contributed by atoms with Crippen LogP contribution in [0.2, 0.25) is 0 Å². The van der Waals surface area contributed by atoms with Crippen LogP contribution in [0.25, 0.3) is 10.8 Å². The van der Waals surface area contributed by atoms with Gasteiger partial charge in [0.1, 0.15) is 0 Å². The van der Waals surface area contributed by atoms with E-state index in [0.29, 0.717) is 0 Å². The molecule has 0 saturated heterocycles. The van der Waals surface area contributed by atoms with Gasteiger partial charge in [0.05, 0.1) is 0 Å². The predicted molar refractivity (Wildman–Crippen MR) is 92.7 cm³/mol. The van der Waals surface area contributed by atoms with Gasteiger partial charge in [-0.2, -0.15) is 11.3 Å². The van der Waals surface area contributed by atoms with Crippen LogP contribution in [-0.4, -0.2) is 0 Å². The van der Waals surface area contributed by atoms with Crippen molar-refractivity contribution in [2.24, 2.45) is 0 Å². The molecule has 0 spiro atoms. The van der Waals surface area contributed by atoms with Crippen molar-refractivity contribution in [2.45, 2.75) is 0 Å². The van der Waals surface area contributed by atoms with Gasteiger partial charge < -0.3 is 0 Å². The zero-order chi connectivity index (χ0) is 9.59. The van der Waals surface area contributed by atoms with Crippen molar-refractivity contribution in [1.82, 2.24) is 0 Å². The van der Waals surface area contributed by atoms with E-state index in [-0.39, 0.29) is 0 Å². The first-order valence-electron chi connectivity index (χ1n) is 3.30. The summed E-state index contributed by atoms with van der Waals surface area (Å²) in [6, 6.07) is 0. The van der Waals surface area contributed by atoms with Gasteiger partial charge in [-0.25, -0.2) is 0 Å². The highest BCUT2D eigenvalue weighted by molar-refractivity contribution is 14.1. The van der Waals surface area contributed by atoms with Crippen LogP contribution in [0, 0.1) is 14.3 Å². The largest absolute Gasteiger partial charge is 0.151 e. The minimum atomic E-state index is 1.38. The number of fused-ring (bicyclic) bond motifs is 1. The lowest BCUT2D eigenvalue weighted by atomic mass is 10.2. The van der Waals surface area contributed by atoms with E-state index in [2.05, 4.69) is 101 Å². The Bertz CT molecular complexity index is 432. The Labute approximate surface area is 135 Å². The third-order valence-electron chi connectivity index (χ3n) is 1.71. The molecule has 0 aliphatic carbocycles. The fourth-order valence-electron chi connectivity index (χ4n) is 1.07. The first-order valence-corrected chi connectivity index (χ1v) is 8.56. The lowest BCUT2D eigenvalue weighted by Crippen LogP contribution is -1.90. The van der Waals surface area contributed by atoms with Crippen molar-refractivity contribution in [3.63, 3.8) is 0 Å². The molecule has 1 heterocycles. The zero-order valence-electron chi connectivity index (χ0n) is 6.07. The second-order valence-electron chi connectivity index (χ2n) is 2.46. The number of rotatable bonds is 0. The molecule has 0 saturated carbocycles. The van der Waals surface area contributed by atoms with Gasteiger partial charge in [-0.05, 0) is 101 Å². The summed E-state index contributed by atoms with van der Waals surface area (Å²) in [7, 11) is 0. The fourth-order valence-corrected chi connectivity index (χ4v) is 5.90. The summed E-state index contributed by atoms with van der Waals surface area (Å²) < 4.78 is 5.54. The van der Waals surface area contributed by atoms with Gasteiger partial charge in [0, 0.05) is 25.1 Å². The van der Waals surface area contributed by atoms with Gasteiger partial charge in [0.25, 0.3) is 0 Å². The van der Waals surface area contributed by atoms with E-state index in [1.54, 1.807) is 11.3 Å². The summed E-state index contributed by atoms with van der Waals surface area (Å²) in [4.78, 5) is 0. The summed E-state index contributed by atoms with van der Waals surface area (Å²) in [5, 5.41) is 7.27. The van der Waals surface area contributed by atoms with Crippen LogP contribution in [-0.2, 0) is 0 Å². The second kappa shape index (κ2) is 4.53. The number of halogens is 4. The maximum atomic E-state index is 2.43. The van der Waals surface area contributed by atoms with Crippen molar-refractivity contribution >= 4 is 112 Å². The molecule has 68 valence electrons. The maximum Gasteiger partial charge on any atom is 0.0414 e. The molecule has 2 rings (SSSR count). The van der Waals surface area contributed by atoms with E-state index in [1.165, 1.54) is 25.1 Å². The van der Waals surface area contributed by atoms with E-state index in [9.17, 15) is 0 Å². The molecule has 1 aromatic heterocycles. The van der Waals surface area contributed by atoms with Crippen LogP contribution in [0.4, 0.5) is 0 Å². The van der Waals surface area contributed by atoms with Crippen LogP contribution in [0.5, 0.6) is 0 Å². The highest BCUT2D eigenvalue weighted by atomic mass is 127. The monoisotopic (exact) mass is 638 g/mol. The van der Waals surface area contributed by atoms with Crippen LogP contribution in [0.15, 0.2) is 10.8 Å². The average Bonchev–Trinajstić information content (AvgIpc) is 2.59. The summed E-state index contributed by atoms with van der Waals surface area (Å²) >= 11 is 11.5. The number of hydrogen-bond donors (Lipinski definition) is 0. The first kappa shape index (κ1) is 11.6. The quantitative estimate of drug-likeness (QED) is 0.209. The normalized spacial score (nSPS) is 11.1. The number of hydrogen-bond acceptors (Lipinski definition) is 1. The Morgan fingerprint density at radius 1 is 0.692 bits per heavy atom. The highest BCUT2D eigenvalue weighted by Gasteiger charge is 2.12. The number of thiophene rings is 1. The van der Waals surface area contributed by atoms with E-state index >= 15 is 0 Å². The van der Waals surface area contributed by atoms with Gasteiger partial charge in [0.2, 0.25) is 0 Å². The lowest BCUT2D eigenvalue weighted by molar-refractivity contribution is 1.57. The minimum Gasteiger partial charge on any atom is -0.151 e. The second-order valence-corrected chi connectivity index (χ2v) is 7.51. The number of benzene rings is 1. The van der Waals surface area contributed by atoms with Crippen molar-refractivity contribution in [3.05, 3.63) is 25.0 Å². The predicted octanol–water partition coefficient (Wildman–Crippen LogP) is 5.32. The molecule has 1 aromatic carbocycles. The van der Waals surface area contributed by atoms with Crippen molar-refractivity contribution < 1.29 is 0 Å². The van der Waals surface area contributed by atoms with Crippen LogP contribution in [0.3, 0.4) is 0 Å². The topological polar surface area (TPSA) is 0 Å². The van der Waals surface area contributed by atoms with E-state index in [1.807, 2.05) is 0 Å². The van der Waals surface area contributed by atoms with Gasteiger partial charge in [-0.3, -0.25) is 0 Å². The molecule has 2 aromatic rings. The molecule has 0 atom stereocenters. The third kappa shape index (κ3) is 2.00. The van der Waals surface area contributed by atoms with Gasteiger partial charge in [-0.1, -0.05) is 0 Å². The Balaban J connectivity index is 3.02. The Hall–Kier alpha value is 2.10. The lowest BCUT2D eigenvalue weighted by Gasteiger charge is -2.05. The molecular weight excluding hydrogens is 636 g/mol. The first-order chi connectivity index (χ1) is 6.13. The molecule has 0 unspecified atom stereocenters. The van der Waals surface area contributed by atoms with Crippen molar-refractivity contribution in [2.75, 3.05) is 0 Å². The van der Waals surface area contributed by atoms with Gasteiger partial charge in [0.15, 0.2) is 0 Å². The molecule has 13 heavy (non-hydrogen) atoms. The van der Waals surface area contributed by atoms with E-state index in [4.69, 9.17) is 0 Å². The standard InChI is InChI=1S/C8H2I4S/c9-5-3-1-13-2-4(3)6(10)8(12)7(5)11/h1-2H. The third-order valence-corrected chi connectivity index (χ3v) is 9.95. The van der Waals surface area contributed by atoms with Gasteiger partial charge in [-0.15, -0.1) is 0 Å². The van der Waals surface area contributed by atoms with Crippen molar-refractivity contribution in [3.8, 4) is 0 Å². The zero-order valence-corrected chi connectivity index (χ0v) is 15.5. The molecule has 5 heteroatoms. The maximum absolute atomic E-state index is 2.43. The fraction of sp³-hybridized carbons (Fsp3) is 0.